The molecule has 33 heavy (non-hydrogen) atoms. The van der Waals surface area contributed by atoms with Gasteiger partial charge in [0.1, 0.15) is 16.8 Å². The van der Waals surface area contributed by atoms with E-state index < -0.39 is 17.0 Å². The summed E-state index contributed by atoms with van der Waals surface area (Å²) >= 11 is 0. The van der Waals surface area contributed by atoms with Gasteiger partial charge in [-0.05, 0) is 49.9 Å². The summed E-state index contributed by atoms with van der Waals surface area (Å²) in [5.41, 5.74) is -1.18. The number of para-hydroxylation sites is 2. The molecular weight excluding hydrogens is 418 g/mol. The third kappa shape index (κ3) is 4.45. The predicted molar refractivity (Wildman–Crippen MR) is 126 cm³/mol. The van der Waals surface area contributed by atoms with E-state index in [4.69, 9.17) is 0 Å². The molecule has 3 amide bonds. The lowest BCUT2D eigenvalue weighted by molar-refractivity contribution is -0.135. The van der Waals surface area contributed by atoms with Crippen molar-refractivity contribution in [2.24, 2.45) is 0 Å². The third-order valence-corrected chi connectivity index (χ3v) is 7.06. The fourth-order valence-electron chi connectivity index (χ4n) is 5.14. The first-order chi connectivity index (χ1) is 15.9. The molecule has 2 saturated carbocycles. The minimum atomic E-state index is -1.10. The van der Waals surface area contributed by atoms with Crippen molar-refractivity contribution in [1.82, 2.24) is 10.6 Å². The van der Waals surface area contributed by atoms with Crippen LogP contribution in [0.25, 0.3) is 0 Å². The van der Waals surface area contributed by atoms with E-state index in [1.54, 1.807) is 24.1 Å². The van der Waals surface area contributed by atoms with Gasteiger partial charge in [-0.25, -0.2) is 0 Å². The monoisotopic (exact) mass is 449 g/mol. The largest absolute Gasteiger partial charge is 0.507 e. The molecule has 4 rings (SSSR count). The molecule has 7 nitrogen and oxygen atoms in total. The van der Waals surface area contributed by atoms with Crippen LogP contribution in [0.2, 0.25) is 0 Å². The summed E-state index contributed by atoms with van der Waals surface area (Å²) < 4.78 is 0. The number of carbonyl (C=O) groups is 3. The Morgan fingerprint density at radius 1 is 0.788 bits per heavy atom. The Labute approximate surface area is 194 Å². The molecule has 2 aliphatic carbocycles. The van der Waals surface area contributed by atoms with Gasteiger partial charge >= 0.3 is 0 Å². The number of nitrogens with one attached hydrogen (secondary N) is 2. The molecule has 0 heterocycles. The number of carbonyl (C=O) groups excluding carboxylic acids is 3. The molecule has 0 saturated heterocycles. The lowest BCUT2D eigenvalue weighted by atomic mass is 9.90. The summed E-state index contributed by atoms with van der Waals surface area (Å²) in [6, 6.07) is 15.7. The molecule has 0 radical (unpaired) electrons. The highest BCUT2D eigenvalue weighted by molar-refractivity contribution is 6.05. The quantitative estimate of drug-likeness (QED) is 0.628. The van der Waals surface area contributed by atoms with Crippen LogP contribution in [0.1, 0.15) is 61.7 Å². The Kier molecular flexibility index (Phi) is 6.40. The molecule has 0 bridgehead atoms. The summed E-state index contributed by atoms with van der Waals surface area (Å²) in [5.74, 6) is -1.07. The van der Waals surface area contributed by atoms with Crippen molar-refractivity contribution in [1.29, 1.82) is 0 Å². The highest BCUT2D eigenvalue weighted by Crippen LogP contribution is 2.36. The molecule has 0 atom stereocenters. The second kappa shape index (κ2) is 9.25. The van der Waals surface area contributed by atoms with Gasteiger partial charge in [0.05, 0.1) is 5.56 Å². The maximum absolute atomic E-state index is 13.7. The van der Waals surface area contributed by atoms with Crippen LogP contribution in [0.15, 0.2) is 54.6 Å². The van der Waals surface area contributed by atoms with Crippen molar-refractivity contribution in [2.45, 2.75) is 62.4 Å². The maximum atomic E-state index is 13.7. The van der Waals surface area contributed by atoms with E-state index in [0.717, 1.165) is 31.4 Å². The molecule has 0 aliphatic heterocycles. The summed E-state index contributed by atoms with van der Waals surface area (Å²) in [6.07, 6.45) is 5.45. The van der Waals surface area contributed by atoms with Crippen LogP contribution in [0, 0.1) is 0 Å². The molecule has 2 fully saturated rings. The van der Waals surface area contributed by atoms with Gasteiger partial charge in [-0.1, -0.05) is 56.0 Å². The van der Waals surface area contributed by atoms with Crippen molar-refractivity contribution in [3.63, 3.8) is 0 Å². The van der Waals surface area contributed by atoms with Crippen molar-refractivity contribution in [3.05, 3.63) is 60.2 Å². The Bertz CT molecular complexity index is 1020. The zero-order valence-electron chi connectivity index (χ0n) is 19.0. The molecular formula is C26H31N3O4. The van der Waals surface area contributed by atoms with E-state index in [-0.39, 0.29) is 23.1 Å². The summed E-state index contributed by atoms with van der Waals surface area (Å²) in [5, 5.41) is 16.1. The minimum Gasteiger partial charge on any atom is -0.507 e. The number of hydrogen-bond acceptors (Lipinski definition) is 4. The first kappa shape index (κ1) is 22.8. The zero-order valence-corrected chi connectivity index (χ0v) is 19.0. The first-order valence-electron chi connectivity index (χ1n) is 11.6. The summed E-state index contributed by atoms with van der Waals surface area (Å²) in [7, 11) is 1.73. The average Bonchev–Trinajstić information content (AvgIpc) is 3.50. The number of phenols is 1. The van der Waals surface area contributed by atoms with Crippen LogP contribution in [0.4, 0.5) is 5.69 Å². The van der Waals surface area contributed by atoms with Crippen LogP contribution in [-0.2, 0) is 9.59 Å². The number of anilines is 1. The van der Waals surface area contributed by atoms with E-state index in [2.05, 4.69) is 10.6 Å². The highest BCUT2D eigenvalue weighted by Gasteiger charge is 2.50. The topological polar surface area (TPSA) is 98.7 Å². The van der Waals surface area contributed by atoms with Gasteiger partial charge in [0.25, 0.3) is 11.8 Å². The molecule has 174 valence electrons. The van der Waals surface area contributed by atoms with E-state index in [0.29, 0.717) is 25.7 Å². The molecule has 2 aromatic rings. The average molecular weight is 450 g/mol. The van der Waals surface area contributed by atoms with Gasteiger partial charge in [0, 0.05) is 12.7 Å². The van der Waals surface area contributed by atoms with Crippen molar-refractivity contribution >= 4 is 23.4 Å². The number of benzene rings is 2. The van der Waals surface area contributed by atoms with Crippen LogP contribution in [0.5, 0.6) is 5.75 Å². The van der Waals surface area contributed by atoms with Crippen molar-refractivity contribution < 1.29 is 19.5 Å². The number of aromatic hydroxyl groups is 1. The third-order valence-electron chi connectivity index (χ3n) is 7.06. The van der Waals surface area contributed by atoms with Crippen LogP contribution < -0.4 is 15.5 Å². The van der Waals surface area contributed by atoms with Gasteiger partial charge < -0.3 is 20.6 Å². The molecule has 3 N–H and O–H groups in total. The van der Waals surface area contributed by atoms with Gasteiger partial charge in [0.15, 0.2) is 0 Å². The Hall–Kier alpha value is -3.35. The lowest BCUT2D eigenvalue weighted by Gasteiger charge is -2.37. The van der Waals surface area contributed by atoms with Crippen LogP contribution in [0.3, 0.4) is 0 Å². The van der Waals surface area contributed by atoms with Gasteiger partial charge in [-0.3, -0.25) is 14.4 Å². The standard InChI is InChI=1S/C26H31N3O4/c1-29(19-11-3-2-4-12-19)24(33)26(17-9-10-18-26)28-23(32)25(15-7-8-16-25)27-22(31)20-13-5-6-14-21(20)30/h2-6,11-14,30H,7-10,15-18H2,1H3,(H,27,31)(H,28,32). The van der Waals surface area contributed by atoms with E-state index in [1.165, 1.54) is 12.1 Å². The van der Waals surface area contributed by atoms with Crippen molar-refractivity contribution in [2.75, 3.05) is 11.9 Å². The zero-order chi connectivity index (χ0) is 23.5. The molecule has 0 spiro atoms. The number of amides is 3. The van der Waals surface area contributed by atoms with Gasteiger partial charge in [-0.15, -0.1) is 0 Å². The molecule has 7 heteroatoms. The summed E-state index contributed by atoms with van der Waals surface area (Å²) in [6.45, 7) is 0. The fraction of sp³-hybridized carbons (Fsp3) is 0.423. The summed E-state index contributed by atoms with van der Waals surface area (Å²) in [4.78, 5) is 41.8. The smallest absolute Gasteiger partial charge is 0.255 e. The normalized spacial score (nSPS) is 18.5. The Morgan fingerprint density at radius 3 is 1.94 bits per heavy atom. The SMILES string of the molecule is CN(C(=O)C1(NC(=O)C2(NC(=O)c3ccccc3O)CCCC2)CCCC1)c1ccccc1. The molecule has 0 unspecified atom stereocenters. The maximum Gasteiger partial charge on any atom is 0.255 e. The number of phenolic OH excluding ortho intramolecular Hbond substituents is 1. The number of nitrogens with zero attached hydrogens (tertiary/aromatic N) is 1. The first-order valence-corrected chi connectivity index (χ1v) is 11.6. The Morgan fingerprint density at radius 2 is 1.33 bits per heavy atom. The second-order valence-corrected chi connectivity index (χ2v) is 9.20. The van der Waals surface area contributed by atoms with Crippen LogP contribution >= 0.6 is 0 Å². The molecule has 2 aromatic carbocycles. The van der Waals surface area contributed by atoms with E-state index >= 15 is 0 Å². The second-order valence-electron chi connectivity index (χ2n) is 9.20. The van der Waals surface area contributed by atoms with Crippen molar-refractivity contribution in [3.8, 4) is 5.75 Å². The number of rotatable bonds is 6. The lowest BCUT2D eigenvalue weighted by Crippen LogP contribution is -2.65. The van der Waals surface area contributed by atoms with Gasteiger partial charge in [0.2, 0.25) is 5.91 Å². The molecule has 2 aliphatic rings. The predicted octanol–water partition coefficient (Wildman–Crippen LogP) is 3.53. The minimum absolute atomic E-state index is 0.129. The molecule has 0 aromatic heterocycles. The van der Waals surface area contributed by atoms with E-state index in [1.807, 2.05) is 30.3 Å². The number of hydrogen-bond donors (Lipinski definition) is 3. The number of likely N-dealkylation sites (N-methyl/N-ethyl adjacent to an activating group) is 1. The van der Waals surface area contributed by atoms with Crippen LogP contribution in [-0.4, -0.2) is 41.0 Å². The van der Waals surface area contributed by atoms with E-state index in [9.17, 15) is 19.5 Å². The fourth-order valence-corrected chi connectivity index (χ4v) is 5.14. The van der Waals surface area contributed by atoms with Gasteiger partial charge in [-0.2, -0.15) is 0 Å². The Balaban J connectivity index is 1.57. The highest BCUT2D eigenvalue weighted by atomic mass is 16.3.